The van der Waals surface area contributed by atoms with Crippen molar-refractivity contribution in [2.24, 2.45) is 11.5 Å². The number of likely N-dealkylation sites (tertiary alicyclic amines) is 1. The Morgan fingerprint density at radius 2 is 1.86 bits per heavy atom. The second kappa shape index (κ2) is 11.6. The van der Waals surface area contributed by atoms with Gasteiger partial charge in [-0.2, -0.15) is 0 Å². The summed E-state index contributed by atoms with van der Waals surface area (Å²) in [5.74, 6) is -2.96. The SMILES string of the molecule is CC(NC(=O)C(CO)NC(=O)C(N)CCCCN)C(=O)N1CCCC1C(=O)O. The van der Waals surface area contributed by atoms with Crippen molar-refractivity contribution in [2.45, 2.75) is 63.2 Å². The Labute approximate surface area is 163 Å². The zero-order valence-electron chi connectivity index (χ0n) is 16.1. The van der Waals surface area contributed by atoms with E-state index in [1.54, 1.807) is 0 Å². The van der Waals surface area contributed by atoms with Gasteiger partial charge >= 0.3 is 5.97 Å². The van der Waals surface area contributed by atoms with Crippen molar-refractivity contribution in [1.29, 1.82) is 0 Å². The number of carboxylic acids is 1. The average Bonchev–Trinajstić information content (AvgIpc) is 3.15. The van der Waals surface area contributed by atoms with E-state index < -0.39 is 54.5 Å². The van der Waals surface area contributed by atoms with E-state index in [9.17, 15) is 29.4 Å². The van der Waals surface area contributed by atoms with E-state index in [1.807, 2.05) is 0 Å². The highest BCUT2D eigenvalue weighted by Gasteiger charge is 2.36. The lowest BCUT2D eigenvalue weighted by Crippen LogP contribution is -2.57. The van der Waals surface area contributed by atoms with Gasteiger partial charge in [0.05, 0.1) is 12.6 Å². The normalized spacial score (nSPS) is 19.6. The fourth-order valence-electron chi connectivity index (χ4n) is 3.02. The number of hydrogen-bond donors (Lipinski definition) is 6. The van der Waals surface area contributed by atoms with E-state index in [0.29, 0.717) is 38.8 Å². The van der Waals surface area contributed by atoms with Crippen molar-refractivity contribution in [3.63, 3.8) is 0 Å². The largest absolute Gasteiger partial charge is 0.480 e. The molecular formula is C17H31N5O6. The predicted octanol–water partition coefficient (Wildman–Crippen LogP) is -2.50. The minimum absolute atomic E-state index is 0.299. The summed E-state index contributed by atoms with van der Waals surface area (Å²) in [6.45, 7) is 1.54. The molecule has 0 aromatic carbocycles. The number of carbonyl (C=O) groups excluding carboxylic acids is 3. The molecule has 1 rings (SSSR count). The molecule has 0 radical (unpaired) electrons. The summed E-state index contributed by atoms with van der Waals surface area (Å²) in [5.41, 5.74) is 11.1. The van der Waals surface area contributed by atoms with Crippen LogP contribution in [0.4, 0.5) is 0 Å². The molecule has 160 valence electrons. The minimum atomic E-state index is -1.27. The fraction of sp³-hybridized carbons (Fsp3) is 0.765. The van der Waals surface area contributed by atoms with Crippen LogP contribution in [0.15, 0.2) is 0 Å². The summed E-state index contributed by atoms with van der Waals surface area (Å²) in [5, 5.41) is 23.3. The molecule has 1 fully saturated rings. The van der Waals surface area contributed by atoms with Gasteiger partial charge in [0.15, 0.2) is 0 Å². The second-order valence-corrected chi connectivity index (χ2v) is 6.89. The molecule has 0 aromatic rings. The van der Waals surface area contributed by atoms with E-state index in [2.05, 4.69) is 10.6 Å². The van der Waals surface area contributed by atoms with Gasteiger partial charge in [-0.05, 0) is 39.2 Å². The van der Waals surface area contributed by atoms with Crippen LogP contribution < -0.4 is 22.1 Å². The third kappa shape index (κ3) is 6.73. The van der Waals surface area contributed by atoms with Crippen LogP contribution in [0.3, 0.4) is 0 Å². The van der Waals surface area contributed by atoms with Crippen LogP contribution >= 0.6 is 0 Å². The summed E-state index contributed by atoms with van der Waals surface area (Å²) in [6.07, 6.45) is 2.70. The maximum Gasteiger partial charge on any atom is 0.326 e. The van der Waals surface area contributed by atoms with Crippen LogP contribution in [-0.4, -0.2) is 82.7 Å². The zero-order valence-corrected chi connectivity index (χ0v) is 16.1. The number of nitrogens with zero attached hydrogens (tertiary/aromatic N) is 1. The Morgan fingerprint density at radius 1 is 1.18 bits per heavy atom. The highest BCUT2D eigenvalue weighted by Crippen LogP contribution is 2.18. The number of aliphatic carboxylic acids is 1. The summed E-state index contributed by atoms with van der Waals surface area (Å²) >= 11 is 0. The first-order valence-electron chi connectivity index (χ1n) is 9.43. The van der Waals surface area contributed by atoms with Crippen molar-refractivity contribution in [3.8, 4) is 0 Å². The molecule has 0 aromatic heterocycles. The third-order valence-electron chi connectivity index (χ3n) is 4.67. The third-order valence-corrected chi connectivity index (χ3v) is 4.67. The van der Waals surface area contributed by atoms with E-state index in [-0.39, 0.29) is 0 Å². The average molecular weight is 401 g/mol. The van der Waals surface area contributed by atoms with Crippen molar-refractivity contribution in [3.05, 3.63) is 0 Å². The molecule has 1 saturated heterocycles. The Hall–Kier alpha value is -2.24. The number of nitrogens with two attached hydrogens (primary N) is 2. The molecule has 3 amide bonds. The lowest BCUT2D eigenvalue weighted by Gasteiger charge is -2.26. The number of amides is 3. The zero-order chi connectivity index (χ0) is 21.3. The Balaban J connectivity index is 2.59. The van der Waals surface area contributed by atoms with Crippen LogP contribution in [0.5, 0.6) is 0 Å². The van der Waals surface area contributed by atoms with E-state index in [0.717, 1.165) is 6.42 Å². The van der Waals surface area contributed by atoms with E-state index in [1.165, 1.54) is 11.8 Å². The van der Waals surface area contributed by atoms with Gasteiger partial charge in [0.1, 0.15) is 18.1 Å². The number of hydrogen-bond acceptors (Lipinski definition) is 7. The molecular weight excluding hydrogens is 370 g/mol. The molecule has 11 heteroatoms. The topological polar surface area (TPSA) is 188 Å². The Bertz CT molecular complexity index is 572. The highest BCUT2D eigenvalue weighted by molar-refractivity contribution is 5.94. The van der Waals surface area contributed by atoms with Crippen LogP contribution in [0.25, 0.3) is 0 Å². The Kier molecular flexibility index (Phi) is 9.83. The quantitative estimate of drug-likeness (QED) is 0.205. The number of nitrogens with one attached hydrogen (secondary N) is 2. The van der Waals surface area contributed by atoms with Gasteiger partial charge in [-0.25, -0.2) is 4.79 Å². The van der Waals surface area contributed by atoms with Gasteiger partial charge in [-0.15, -0.1) is 0 Å². The Morgan fingerprint density at radius 3 is 2.43 bits per heavy atom. The van der Waals surface area contributed by atoms with Gasteiger partial charge in [0.2, 0.25) is 17.7 Å². The van der Waals surface area contributed by atoms with Gasteiger partial charge in [0.25, 0.3) is 0 Å². The number of aliphatic hydroxyl groups excluding tert-OH is 1. The molecule has 0 bridgehead atoms. The summed E-state index contributed by atoms with van der Waals surface area (Å²) in [4.78, 5) is 49.2. The number of carboxylic acid groups (broad SMARTS) is 1. The fourth-order valence-corrected chi connectivity index (χ4v) is 3.02. The first-order valence-corrected chi connectivity index (χ1v) is 9.43. The number of rotatable bonds is 11. The first kappa shape index (κ1) is 23.8. The smallest absolute Gasteiger partial charge is 0.326 e. The van der Waals surface area contributed by atoms with Crippen LogP contribution in [0.2, 0.25) is 0 Å². The van der Waals surface area contributed by atoms with Crippen molar-refractivity contribution < 1.29 is 29.4 Å². The lowest BCUT2D eigenvalue weighted by atomic mass is 10.1. The van der Waals surface area contributed by atoms with Gasteiger partial charge in [0, 0.05) is 6.54 Å². The van der Waals surface area contributed by atoms with Crippen LogP contribution in [-0.2, 0) is 19.2 Å². The minimum Gasteiger partial charge on any atom is -0.480 e. The molecule has 4 unspecified atom stereocenters. The molecule has 28 heavy (non-hydrogen) atoms. The molecule has 8 N–H and O–H groups in total. The van der Waals surface area contributed by atoms with Crippen molar-refractivity contribution in [1.82, 2.24) is 15.5 Å². The number of aliphatic hydroxyl groups is 1. The van der Waals surface area contributed by atoms with E-state index >= 15 is 0 Å². The summed E-state index contributed by atoms with van der Waals surface area (Å²) in [6, 6.07) is -4.02. The number of unbranched alkanes of at least 4 members (excludes halogenated alkanes) is 1. The highest BCUT2D eigenvalue weighted by atomic mass is 16.4. The molecule has 11 nitrogen and oxygen atoms in total. The maximum absolute atomic E-state index is 12.5. The molecule has 1 aliphatic rings. The molecule has 0 saturated carbocycles. The van der Waals surface area contributed by atoms with Crippen LogP contribution in [0.1, 0.15) is 39.0 Å². The summed E-state index contributed by atoms with van der Waals surface area (Å²) in [7, 11) is 0. The maximum atomic E-state index is 12.5. The first-order chi connectivity index (χ1) is 13.2. The molecule has 4 atom stereocenters. The monoisotopic (exact) mass is 401 g/mol. The predicted molar refractivity (Wildman–Crippen MR) is 99.9 cm³/mol. The summed E-state index contributed by atoms with van der Waals surface area (Å²) < 4.78 is 0. The van der Waals surface area contributed by atoms with Crippen molar-refractivity contribution in [2.75, 3.05) is 19.7 Å². The standard InChI is InChI=1S/C17H31N5O6/c1-10(16(26)22-8-4-6-13(22)17(27)28)20-15(25)12(9-23)21-14(24)11(19)5-2-3-7-18/h10-13,23H,2-9,18-19H2,1H3,(H,20,25)(H,21,24)(H,27,28). The second-order valence-electron chi connectivity index (χ2n) is 6.89. The van der Waals surface area contributed by atoms with Gasteiger partial charge in [-0.3, -0.25) is 14.4 Å². The van der Waals surface area contributed by atoms with Gasteiger partial charge in [-0.1, -0.05) is 6.42 Å². The number of carbonyl (C=O) groups is 4. The van der Waals surface area contributed by atoms with Crippen LogP contribution in [0, 0.1) is 0 Å². The lowest BCUT2D eigenvalue weighted by molar-refractivity contribution is -0.149. The molecule has 0 spiro atoms. The van der Waals surface area contributed by atoms with E-state index in [4.69, 9.17) is 11.5 Å². The molecule has 1 aliphatic heterocycles. The molecule has 1 heterocycles. The van der Waals surface area contributed by atoms with Crippen molar-refractivity contribution >= 4 is 23.7 Å². The molecule has 0 aliphatic carbocycles. The van der Waals surface area contributed by atoms with Gasteiger partial charge < -0.3 is 37.2 Å².